The number of hydrogen-bond acceptors (Lipinski definition) is 6. The van der Waals surface area contributed by atoms with Crippen LogP contribution >= 0.6 is 0 Å². The zero-order valence-corrected chi connectivity index (χ0v) is 16.2. The summed E-state index contributed by atoms with van der Waals surface area (Å²) < 4.78 is 25.5. The van der Waals surface area contributed by atoms with Crippen LogP contribution in [0.1, 0.15) is 27.9 Å². The van der Waals surface area contributed by atoms with Crippen molar-refractivity contribution < 1.29 is 28.0 Å². The molecular weight excluding hydrogens is 403 g/mol. The van der Waals surface area contributed by atoms with E-state index in [4.69, 9.17) is 8.94 Å². The minimum absolute atomic E-state index is 0.0278. The van der Waals surface area contributed by atoms with Crippen molar-refractivity contribution in [2.24, 2.45) is 0 Å². The lowest BCUT2D eigenvalue weighted by Crippen LogP contribution is -2.31. The van der Waals surface area contributed by atoms with Crippen LogP contribution in [0.15, 0.2) is 80.9 Å². The van der Waals surface area contributed by atoms with Crippen LogP contribution in [0.5, 0.6) is 0 Å². The number of amides is 1. The Bertz CT molecular complexity index is 1350. The van der Waals surface area contributed by atoms with Crippen LogP contribution in [0.2, 0.25) is 0 Å². The van der Waals surface area contributed by atoms with Crippen LogP contribution in [-0.4, -0.2) is 22.0 Å². The number of nitrogens with zero attached hydrogens (tertiary/aromatic N) is 2. The van der Waals surface area contributed by atoms with Crippen LogP contribution in [-0.2, 0) is 4.79 Å². The van der Waals surface area contributed by atoms with Gasteiger partial charge in [0.05, 0.1) is 11.6 Å². The van der Waals surface area contributed by atoms with Gasteiger partial charge in [-0.05, 0) is 25.1 Å². The number of furan rings is 1. The first-order valence-electron chi connectivity index (χ1n) is 9.43. The summed E-state index contributed by atoms with van der Waals surface area (Å²) in [7, 11) is 0. The first-order chi connectivity index (χ1) is 15.0. The second-order valence-corrected chi connectivity index (χ2v) is 7.13. The molecule has 1 aliphatic heterocycles. The minimum Gasteiger partial charge on any atom is -0.503 e. The van der Waals surface area contributed by atoms with Gasteiger partial charge in [0, 0.05) is 17.0 Å². The van der Waals surface area contributed by atoms with Gasteiger partial charge < -0.3 is 14.0 Å². The number of aliphatic hydroxyl groups is 1. The van der Waals surface area contributed by atoms with Crippen molar-refractivity contribution in [3.05, 3.63) is 94.9 Å². The molecule has 1 aliphatic rings. The van der Waals surface area contributed by atoms with Crippen molar-refractivity contribution in [2.45, 2.75) is 13.0 Å². The quantitative estimate of drug-likeness (QED) is 0.485. The molecule has 7 nitrogen and oxygen atoms in total. The van der Waals surface area contributed by atoms with Crippen molar-refractivity contribution in [1.82, 2.24) is 5.16 Å². The summed E-state index contributed by atoms with van der Waals surface area (Å²) in [6, 6.07) is 14.5. The summed E-state index contributed by atoms with van der Waals surface area (Å²) in [4.78, 5) is 27.4. The number of aliphatic hydroxyl groups excluding tert-OH is 1. The summed E-state index contributed by atoms with van der Waals surface area (Å²) in [5.74, 6) is -2.66. The lowest BCUT2D eigenvalue weighted by Gasteiger charge is -2.24. The topological polar surface area (TPSA) is 96.8 Å². The molecule has 0 bridgehead atoms. The van der Waals surface area contributed by atoms with Crippen molar-refractivity contribution >= 4 is 28.5 Å². The number of para-hydroxylation sites is 1. The van der Waals surface area contributed by atoms with Gasteiger partial charge in [-0.15, -0.1) is 0 Å². The average Bonchev–Trinajstić information content (AvgIpc) is 3.45. The highest BCUT2D eigenvalue weighted by atomic mass is 19.1. The Hall–Kier alpha value is -4.20. The molecule has 1 atom stereocenters. The Kier molecular flexibility index (Phi) is 4.21. The third kappa shape index (κ3) is 2.92. The van der Waals surface area contributed by atoms with Gasteiger partial charge in [-0.3, -0.25) is 14.5 Å². The molecule has 0 saturated heterocycles. The molecule has 0 radical (unpaired) electrons. The van der Waals surface area contributed by atoms with Crippen LogP contribution in [0.3, 0.4) is 0 Å². The molecule has 1 N–H and O–H groups in total. The smallest absolute Gasteiger partial charge is 0.295 e. The van der Waals surface area contributed by atoms with E-state index in [9.17, 15) is 19.1 Å². The number of benzene rings is 2. The molecule has 1 amide bonds. The van der Waals surface area contributed by atoms with Crippen LogP contribution in [0, 0.1) is 12.7 Å². The Balaban J connectivity index is 1.68. The van der Waals surface area contributed by atoms with Crippen LogP contribution < -0.4 is 4.90 Å². The summed E-state index contributed by atoms with van der Waals surface area (Å²) >= 11 is 0. The van der Waals surface area contributed by atoms with Crippen molar-refractivity contribution in [1.29, 1.82) is 0 Å². The van der Waals surface area contributed by atoms with Gasteiger partial charge in [-0.25, -0.2) is 4.39 Å². The first-order valence-corrected chi connectivity index (χ1v) is 9.43. The van der Waals surface area contributed by atoms with Crippen molar-refractivity contribution in [2.75, 3.05) is 4.90 Å². The predicted molar refractivity (Wildman–Crippen MR) is 108 cm³/mol. The highest BCUT2D eigenvalue weighted by molar-refractivity contribution is 6.20. The maximum Gasteiger partial charge on any atom is 0.295 e. The molecule has 2 aromatic heterocycles. The zero-order valence-electron chi connectivity index (χ0n) is 16.2. The summed E-state index contributed by atoms with van der Waals surface area (Å²) in [5, 5.41) is 15.2. The SMILES string of the molecule is Cc1cc(N2C(=O)C(O)=C(C(=O)c3cc4ccccc4o3)[C@H]2c2ccccc2F)no1. The largest absolute Gasteiger partial charge is 0.503 e. The molecule has 4 aromatic rings. The zero-order chi connectivity index (χ0) is 21.7. The number of anilines is 1. The van der Waals surface area contributed by atoms with Gasteiger partial charge in [0.15, 0.2) is 17.3 Å². The molecule has 0 unspecified atom stereocenters. The second-order valence-electron chi connectivity index (χ2n) is 7.13. The Morgan fingerprint density at radius 3 is 2.58 bits per heavy atom. The molecule has 0 aliphatic carbocycles. The fraction of sp³-hybridized carbons (Fsp3) is 0.0870. The van der Waals surface area contributed by atoms with Crippen LogP contribution in [0.4, 0.5) is 10.2 Å². The molecule has 154 valence electrons. The van der Waals surface area contributed by atoms with Gasteiger partial charge >= 0.3 is 0 Å². The second kappa shape index (κ2) is 6.94. The number of ketones is 1. The van der Waals surface area contributed by atoms with E-state index < -0.39 is 29.3 Å². The molecular formula is C23H15FN2O5. The van der Waals surface area contributed by atoms with Crippen molar-refractivity contribution in [3.8, 4) is 0 Å². The van der Waals surface area contributed by atoms with Gasteiger partial charge in [-0.2, -0.15) is 0 Å². The summed E-state index contributed by atoms with van der Waals surface area (Å²) in [6.45, 7) is 1.63. The first kappa shape index (κ1) is 18.8. The average molecular weight is 418 g/mol. The van der Waals surface area contributed by atoms with E-state index in [1.54, 1.807) is 37.3 Å². The van der Waals surface area contributed by atoms with E-state index in [-0.39, 0.29) is 22.7 Å². The Morgan fingerprint density at radius 2 is 1.87 bits per heavy atom. The molecule has 5 rings (SSSR count). The minimum atomic E-state index is -1.25. The third-order valence-corrected chi connectivity index (χ3v) is 5.16. The highest BCUT2D eigenvalue weighted by Crippen LogP contribution is 2.42. The molecule has 2 aromatic carbocycles. The molecule has 31 heavy (non-hydrogen) atoms. The standard InChI is InChI=1S/C23H15FN2O5/c1-12-10-18(25-31-12)26-20(14-7-3-4-8-15(14)24)19(22(28)23(26)29)21(27)17-11-13-6-2-5-9-16(13)30-17/h2-11,20,28H,1H3/t20-/m1/s1. The summed E-state index contributed by atoms with van der Waals surface area (Å²) in [5.41, 5.74) is 0.205. The molecule has 0 fully saturated rings. The van der Waals surface area contributed by atoms with E-state index in [0.29, 0.717) is 16.7 Å². The number of Topliss-reactive ketones (excluding diaryl/α,β-unsaturated/α-hetero) is 1. The van der Waals surface area contributed by atoms with E-state index in [2.05, 4.69) is 5.16 Å². The lowest BCUT2D eigenvalue weighted by atomic mass is 9.94. The van der Waals surface area contributed by atoms with E-state index in [1.165, 1.54) is 30.3 Å². The maximum atomic E-state index is 14.8. The Labute approximate surface area is 175 Å². The molecule has 0 saturated carbocycles. The number of carbonyl (C=O) groups excluding carboxylic acids is 2. The fourth-order valence-corrected chi connectivity index (χ4v) is 3.76. The molecule has 0 spiro atoms. The number of hydrogen-bond donors (Lipinski definition) is 1. The molecule has 3 heterocycles. The van der Waals surface area contributed by atoms with E-state index >= 15 is 0 Å². The Morgan fingerprint density at radius 1 is 1.13 bits per heavy atom. The van der Waals surface area contributed by atoms with Gasteiger partial charge in [0.1, 0.15) is 17.2 Å². The number of aromatic nitrogens is 1. The number of carbonyl (C=O) groups is 2. The van der Waals surface area contributed by atoms with E-state index in [1.807, 2.05) is 0 Å². The highest BCUT2D eigenvalue weighted by Gasteiger charge is 2.47. The fourth-order valence-electron chi connectivity index (χ4n) is 3.76. The molecule has 8 heteroatoms. The van der Waals surface area contributed by atoms with Crippen LogP contribution in [0.25, 0.3) is 11.0 Å². The number of fused-ring (bicyclic) bond motifs is 1. The maximum absolute atomic E-state index is 14.8. The third-order valence-electron chi connectivity index (χ3n) is 5.16. The van der Waals surface area contributed by atoms with Gasteiger partial charge in [0.2, 0.25) is 5.78 Å². The predicted octanol–water partition coefficient (Wildman–Crippen LogP) is 4.65. The lowest BCUT2D eigenvalue weighted by molar-refractivity contribution is -0.117. The number of rotatable bonds is 4. The summed E-state index contributed by atoms with van der Waals surface area (Å²) in [6.07, 6.45) is 0. The monoisotopic (exact) mass is 418 g/mol. The number of aryl methyl sites for hydroxylation is 1. The normalized spacial score (nSPS) is 16.5. The van der Waals surface area contributed by atoms with E-state index in [0.717, 1.165) is 4.90 Å². The number of halogens is 1. The van der Waals surface area contributed by atoms with Crippen molar-refractivity contribution in [3.63, 3.8) is 0 Å². The van der Waals surface area contributed by atoms with Gasteiger partial charge in [-0.1, -0.05) is 41.6 Å². The van der Waals surface area contributed by atoms with Gasteiger partial charge in [0.25, 0.3) is 5.91 Å².